The number of hydrogen-bond donors (Lipinski definition) is 2. The Labute approximate surface area is 128 Å². The molecule has 2 heterocycles. The highest BCUT2D eigenvalue weighted by Crippen LogP contribution is 2.16. The van der Waals surface area contributed by atoms with Crippen LogP contribution in [0.3, 0.4) is 0 Å². The third-order valence-corrected chi connectivity index (χ3v) is 3.06. The minimum absolute atomic E-state index is 0.133. The molecule has 0 aliphatic carbocycles. The number of hydrogen-bond acceptors (Lipinski definition) is 4. The van der Waals surface area contributed by atoms with Crippen LogP contribution in [-0.2, 0) is 18.8 Å². The number of aryl methyl sites for hydroxylation is 2. The zero-order valence-corrected chi connectivity index (χ0v) is 12.5. The Morgan fingerprint density at radius 3 is 2.55 bits per heavy atom. The molecule has 7 heteroatoms. The molecule has 0 aromatic carbocycles. The summed E-state index contributed by atoms with van der Waals surface area (Å²) in [6.07, 6.45) is 4.77. The van der Waals surface area contributed by atoms with Gasteiger partial charge in [-0.15, -0.1) is 0 Å². The molecule has 0 aliphatic heterocycles. The number of carbonyl (C=O) groups is 2. The minimum Gasteiger partial charge on any atom is -0.457 e. The van der Waals surface area contributed by atoms with Crippen LogP contribution in [0.15, 0.2) is 37.2 Å². The fraction of sp³-hybridized carbons (Fsp3) is 0.200. The standard InChI is InChI=1S/C15H18N4O3/c1-4-5-22-15(21)13-7-11(9-19(13)3)17-14(20)12-6-10(16)8-18(12)2/h4,6-9H,1,5,16H2,2-3H3,(H,17,20). The fourth-order valence-corrected chi connectivity index (χ4v) is 2.06. The predicted octanol–water partition coefficient (Wildman–Crippen LogP) is 1.54. The SMILES string of the molecule is C=CCOC(=O)c1cc(NC(=O)c2cc(N)cn2C)cn1C. The van der Waals surface area contributed by atoms with Crippen molar-refractivity contribution in [3.8, 4) is 0 Å². The Morgan fingerprint density at radius 1 is 1.27 bits per heavy atom. The first-order valence-corrected chi connectivity index (χ1v) is 6.60. The molecule has 0 saturated heterocycles. The van der Waals surface area contributed by atoms with E-state index in [1.807, 2.05) is 0 Å². The first-order valence-electron chi connectivity index (χ1n) is 6.60. The molecule has 0 saturated carbocycles. The van der Waals surface area contributed by atoms with E-state index in [9.17, 15) is 9.59 Å². The van der Waals surface area contributed by atoms with E-state index in [4.69, 9.17) is 10.5 Å². The molecule has 0 fully saturated rings. The van der Waals surface area contributed by atoms with Crippen molar-refractivity contribution < 1.29 is 14.3 Å². The van der Waals surface area contributed by atoms with Gasteiger partial charge in [0.15, 0.2) is 0 Å². The highest BCUT2D eigenvalue weighted by molar-refractivity contribution is 6.04. The van der Waals surface area contributed by atoms with Crippen molar-refractivity contribution in [3.05, 3.63) is 48.6 Å². The van der Waals surface area contributed by atoms with Gasteiger partial charge in [-0.25, -0.2) is 4.79 Å². The van der Waals surface area contributed by atoms with Crippen LogP contribution < -0.4 is 11.1 Å². The number of nitrogens with two attached hydrogens (primary N) is 1. The van der Waals surface area contributed by atoms with Gasteiger partial charge < -0.3 is 24.9 Å². The zero-order valence-electron chi connectivity index (χ0n) is 12.5. The second kappa shape index (κ2) is 6.21. The van der Waals surface area contributed by atoms with Gasteiger partial charge in [0.1, 0.15) is 18.0 Å². The predicted molar refractivity (Wildman–Crippen MR) is 83.7 cm³/mol. The van der Waals surface area contributed by atoms with E-state index in [0.717, 1.165) is 0 Å². The number of anilines is 2. The lowest BCUT2D eigenvalue weighted by atomic mass is 10.3. The van der Waals surface area contributed by atoms with Gasteiger partial charge >= 0.3 is 5.97 Å². The Morgan fingerprint density at radius 2 is 1.95 bits per heavy atom. The molecular weight excluding hydrogens is 284 g/mol. The van der Waals surface area contributed by atoms with Crippen LogP contribution in [0.2, 0.25) is 0 Å². The minimum atomic E-state index is -0.481. The van der Waals surface area contributed by atoms with Crippen LogP contribution in [0.4, 0.5) is 11.4 Å². The second-order valence-corrected chi connectivity index (χ2v) is 4.84. The summed E-state index contributed by atoms with van der Waals surface area (Å²) in [5.41, 5.74) is 7.42. The van der Waals surface area contributed by atoms with Crippen molar-refractivity contribution in [1.82, 2.24) is 9.13 Å². The number of esters is 1. The molecule has 0 aliphatic rings. The highest BCUT2D eigenvalue weighted by Gasteiger charge is 2.16. The van der Waals surface area contributed by atoms with Crippen LogP contribution >= 0.6 is 0 Å². The van der Waals surface area contributed by atoms with Gasteiger partial charge in [-0.3, -0.25) is 4.79 Å². The summed E-state index contributed by atoms with van der Waals surface area (Å²) in [5, 5.41) is 2.72. The summed E-state index contributed by atoms with van der Waals surface area (Å²) in [6.45, 7) is 3.62. The van der Waals surface area contributed by atoms with Crippen molar-refractivity contribution in [2.45, 2.75) is 0 Å². The molecular formula is C15H18N4O3. The first-order chi connectivity index (χ1) is 10.4. The third kappa shape index (κ3) is 3.20. The van der Waals surface area contributed by atoms with Crippen LogP contribution in [0.25, 0.3) is 0 Å². The van der Waals surface area contributed by atoms with Crippen molar-refractivity contribution >= 4 is 23.3 Å². The molecule has 3 N–H and O–H groups in total. The van der Waals surface area contributed by atoms with Crippen LogP contribution in [0.1, 0.15) is 21.0 Å². The fourth-order valence-electron chi connectivity index (χ4n) is 2.06. The van der Waals surface area contributed by atoms with Crippen molar-refractivity contribution in [2.24, 2.45) is 14.1 Å². The molecule has 0 bridgehead atoms. The van der Waals surface area contributed by atoms with Crippen molar-refractivity contribution in [2.75, 3.05) is 17.7 Å². The summed E-state index contributed by atoms with van der Waals surface area (Å²) in [7, 11) is 3.43. The zero-order chi connectivity index (χ0) is 16.3. The van der Waals surface area contributed by atoms with Gasteiger partial charge in [-0.05, 0) is 12.1 Å². The Hall–Kier alpha value is -2.96. The quantitative estimate of drug-likeness (QED) is 0.647. The smallest absolute Gasteiger partial charge is 0.355 e. The number of amides is 1. The van der Waals surface area contributed by atoms with Gasteiger partial charge in [0.05, 0.1) is 11.4 Å². The van der Waals surface area contributed by atoms with Crippen LogP contribution in [0.5, 0.6) is 0 Å². The lowest BCUT2D eigenvalue weighted by Crippen LogP contribution is -2.14. The number of ether oxygens (including phenoxy) is 1. The van der Waals surface area contributed by atoms with E-state index in [-0.39, 0.29) is 12.5 Å². The molecule has 116 valence electrons. The number of aromatic nitrogens is 2. The van der Waals surface area contributed by atoms with Gasteiger partial charge in [-0.1, -0.05) is 12.7 Å². The first kappa shape index (κ1) is 15.4. The third-order valence-electron chi connectivity index (χ3n) is 3.06. The van der Waals surface area contributed by atoms with Crippen molar-refractivity contribution in [3.63, 3.8) is 0 Å². The number of nitrogens with one attached hydrogen (secondary N) is 1. The summed E-state index contributed by atoms with van der Waals surface area (Å²) < 4.78 is 8.19. The second-order valence-electron chi connectivity index (χ2n) is 4.84. The maximum atomic E-state index is 12.2. The average Bonchev–Trinajstić information content (AvgIpc) is 2.98. The van der Waals surface area contributed by atoms with Gasteiger partial charge in [-0.2, -0.15) is 0 Å². The molecule has 1 amide bonds. The summed E-state index contributed by atoms with van der Waals surface area (Å²) in [5.74, 6) is -0.790. The van der Waals surface area contributed by atoms with Crippen molar-refractivity contribution in [1.29, 1.82) is 0 Å². The Bertz CT molecular complexity index is 727. The number of nitrogen functional groups attached to an aromatic ring is 1. The van der Waals surface area contributed by atoms with Crippen LogP contribution in [-0.4, -0.2) is 27.6 Å². The molecule has 0 unspecified atom stereocenters. The lowest BCUT2D eigenvalue weighted by Gasteiger charge is -2.03. The summed E-state index contributed by atoms with van der Waals surface area (Å²) >= 11 is 0. The van der Waals surface area contributed by atoms with Crippen LogP contribution in [0, 0.1) is 0 Å². The number of nitrogens with zero attached hydrogens (tertiary/aromatic N) is 2. The number of carbonyl (C=O) groups excluding carboxylic acids is 2. The normalized spacial score (nSPS) is 10.3. The van der Waals surface area contributed by atoms with Gasteiger partial charge in [0, 0.05) is 26.5 Å². The summed E-state index contributed by atoms with van der Waals surface area (Å²) in [6, 6.07) is 3.13. The van der Waals surface area contributed by atoms with E-state index < -0.39 is 5.97 Å². The highest BCUT2D eigenvalue weighted by atomic mass is 16.5. The molecule has 7 nitrogen and oxygen atoms in total. The molecule has 22 heavy (non-hydrogen) atoms. The molecule has 2 aromatic rings. The molecule has 0 atom stereocenters. The lowest BCUT2D eigenvalue weighted by molar-refractivity contribution is 0.0538. The molecule has 2 rings (SSSR count). The maximum absolute atomic E-state index is 12.2. The Balaban J connectivity index is 2.14. The van der Waals surface area contributed by atoms with Gasteiger partial charge in [0.2, 0.25) is 0 Å². The van der Waals surface area contributed by atoms with Gasteiger partial charge in [0.25, 0.3) is 5.91 Å². The average molecular weight is 302 g/mol. The Kier molecular flexibility index (Phi) is 4.36. The summed E-state index contributed by atoms with van der Waals surface area (Å²) in [4.78, 5) is 24.0. The molecule has 2 aromatic heterocycles. The molecule has 0 spiro atoms. The maximum Gasteiger partial charge on any atom is 0.355 e. The van der Waals surface area contributed by atoms with E-state index in [0.29, 0.717) is 22.8 Å². The van der Waals surface area contributed by atoms with E-state index >= 15 is 0 Å². The van der Waals surface area contributed by atoms with E-state index in [1.54, 1.807) is 47.8 Å². The van der Waals surface area contributed by atoms with E-state index in [2.05, 4.69) is 11.9 Å². The monoisotopic (exact) mass is 302 g/mol. The topological polar surface area (TPSA) is 91.3 Å². The largest absolute Gasteiger partial charge is 0.457 e. The molecule has 0 radical (unpaired) electrons. The number of rotatable bonds is 5. The van der Waals surface area contributed by atoms with E-state index in [1.165, 1.54) is 6.08 Å².